The number of nitrogens with two attached hydrogens (primary N) is 1. The van der Waals surface area contributed by atoms with E-state index >= 15 is 0 Å². The Morgan fingerprint density at radius 2 is 2.22 bits per heavy atom. The van der Waals surface area contributed by atoms with E-state index in [1.54, 1.807) is 6.92 Å². The van der Waals surface area contributed by atoms with Gasteiger partial charge in [-0.25, -0.2) is 0 Å². The van der Waals surface area contributed by atoms with Crippen LogP contribution in [0, 0.1) is 11.3 Å². The van der Waals surface area contributed by atoms with E-state index in [4.69, 9.17) is 10.9 Å². The summed E-state index contributed by atoms with van der Waals surface area (Å²) < 4.78 is 0. The third kappa shape index (κ3) is 2.76. The third-order valence-electron chi connectivity index (χ3n) is 4.35. The average Bonchev–Trinajstić information content (AvgIpc) is 2.67. The first-order valence-electron chi connectivity index (χ1n) is 6.57. The monoisotopic (exact) mass is 255 g/mol. The molecule has 0 aromatic rings. The van der Waals surface area contributed by atoms with Gasteiger partial charge in [0.15, 0.2) is 5.84 Å². The number of amides is 1. The van der Waals surface area contributed by atoms with Crippen molar-refractivity contribution < 1.29 is 10.0 Å². The second-order valence-electron chi connectivity index (χ2n) is 6.09. The second kappa shape index (κ2) is 5.16. The van der Waals surface area contributed by atoms with Crippen LogP contribution in [0.15, 0.2) is 5.16 Å². The van der Waals surface area contributed by atoms with Crippen LogP contribution in [-0.4, -0.2) is 22.5 Å². The maximum atomic E-state index is 12.4. The van der Waals surface area contributed by atoms with Crippen molar-refractivity contribution >= 4 is 11.7 Å². The highest BCUT2D eigenvalue weighted by Crippen LogP contribution is 2.42. The van der Waals surface area contributed by atoms with Gasteiger partial charge in [0.25, 0.3) is 0 Å². The fourth-order valence-electron chi connectivity index (χ4n) is 2.62. The molecule has 0 aromatic heterocycles. The van der Waals surface area contributed by atoms with E-state index < -0.39 is 5.54 Å². The predicted octanol–water partition coefficient (Wildman–Crippen LogP) is 1.84. The summed E-state index contributed by atoms with van der Waals surface area (Å²) in [7, 11) is 0. The molecule has 0 saturated heterocycles. The lowest BCUT2D eigenvalue weighted by Gasteiger charge is -2.33. The second-order valence-corrected chi connectivity index (χ2v) is 6.09. The third-order valence-corrected chi connectivity index (χ3v) is 4.35. The highest BCUT2D eigenvalue weighted by atomic mass is 16.4. The van der Waals surface area contributed by atoms with Crippen molar-refractivity contribution in [2.24, 2.45) is 22.2 Å². The number of nitrogens with zero attached hydrogens (tertiary/aromatic N) is 1. The lowest BCUT2D eigenvalue weighted by Crippen LogP contribution is -2.57. The molecule has 2 atom stereocenters. The zero-order chi connectivity index (χ0) is 14.0. The Kier molecular flexibility index (Phi) is 4.24. The number of carbonyl (C=O) groups excluding carboxylic acids is 1. The van der Waals surface area contributed by atoms with Gasteiger partial charge in [0, 0.05) is 5.92 Å². The summed E-state index contributed by atoms with van der Waals surface area (Å²) >= 11 is 0. The molecule has 0 heterocycles. The Hall–Kier alpha value is -1.26. The Bertz CT molecular complexity index is 352. The summed E-state index contributed by atoms with van der Waals surface area (Å²) in [5, 5.41) is 14.8. The van der Waals surface area contributed by atoms with Gasteiger partial charge in [0.05, 0.1) is 5.54 Å². The van der Waals surface area contributed by atoms with Gasteiger partial charge < -0.3 is 16.3 Å². The summed E-state index contributed by atoms with van der Waals surface area (Å²) in [6.45, 7) is 7.92. The first kappa shape index (κ1) is 14.8. The Morgan fingerprint density at radius 1 is 1.61 bits per heavy atom. The lowest BCUT2D eigenvalue weighted by atomic mass is 9.80. The van der Waals surface area contributed by atoms with E-state index in [-0.39, 0.29) is 23.1 Å². The van der Waals surface area contributed by atoms with Gasteiger partial charge >= 0.3 is 0 Å². The minimum Gasteiger partial charge on any atom is -0.409 e. The minimum atomic E-state index is -0.773. The molecule has 1 aliphatic carbocycles. The molecule has 0 spiro atoms. The van der Waals surface area contributed by atoms with Crippen LogP contribution in [0.1, 0.15) is 53.4 Å². The molecule has 0 bridgehead atoms. The van der Waals surface area contributed by atoms with Crippen molar-refractivity contribution in [3.63, 3.8) is 0 Å². The number of oxime groups is 1. The number of rotatable bonds is 4. The number of nitrogens with one attached hydrogen (secondary N) is 1. The van der Waals surface area contributed by atoms with Crippen LogP contribution in [0.25, 0.3) is 0 Å². The molecule has 5 nitrogen and oxygen atoms in total. The molecule has 5 heteroatoms. The SMILES string of the molecule is CCC(C)(NC(=O)C1CCCC1(C)C)C(N)=NO. The quantitative estimate of drug-likeness (QED) is 0.310. The zero-order valence-corrected chi connectivity index (χ0v) is 11.8. The first-order valence-corrected chi connectivity index (χ1v) is 6.57. The Morgan fingerprint density at radius 3 is 2.61 bits per heavy atom. The van der Waals surface area contributed by atoms with Crippen LogP contribution in [0.4, 0.5) is 0 Å². The van der Waals surface area contributed by atoms with Crippen LogP contribution in [0.5, 0.6) is 0 Å². The number of hydrogen-bond donors (Lipinski definition) is 3. The molecule has 2 unspecified atom stereocenters. The number of amidine groups is 1. The van der Waals surface area contributed by atoms with Crippen LogP contribution in [-0.2, 0) is 4.79 Å². The molecule has 1 fully saturated rings. The van der Waals surface area contributed by atoms with Crippen LogP contribution >= 0.6 is 0 Å². The van der Waals surface area contributed by atoms with E-state index in [0.717, 1.165) is 19.3 Å². The van der Waals surface area contributed by atoms with Gasteiger partial charge in [-0.05, 0) is 31.6 Å². The van der Waals surface area contributed by atoms with Crippen LogP contribution in [0.3, 0.4) is 0 Å². The maximum Gasteiger partial charge on any atom is 0.224 e. The molecular weight excluding hydrogens is 230 g/mol. The van der Waals surface area contributed by atoms with Crippen molar-refractivity contribution in [1.29, 1.82) is 0 Å². The first-order chi connectivity index (χ1) is 8.27. The van der Waals surface area contributed by atoms with Gasteiger partial charge in [0.2, 0.25) is 5.91 Å². The lowest BCUT2D eigenvalue weighted by molar-refractivity contribution is -0.128. The predicted molar refractivity (Wildman–Crippen MR) is 71.4 cm³/mol. The summed E-state index contributed by atoms with van der Waals surface area (Å²) in [5.74, 6) is 0.0671. The van der Waals surface area contributed by atoms with Crippen LogP contribution in [0.2, 0.25) is 0 Å². The zero-order valence-electron chi connectivity index (χ0n) is 11.8. The van der Waals surface area contributed by atoms with E-state index in [0.29, 0.717) is 6.42 Å². The molecule has 1 aliphatic rings. The van der Waals surface area contributed by atoms with Crippen molar-refractivity contribution in [3.8, 4) is 0 Å². The summed E-state index contributed by atoms with van der Waals surface area (Å²) in [4.78, 5) is 12.4. The van der Waals surface area contributed by atoms with E-state index in [2.05, 4.69) is 24.3 Å². The molecule has 1 rings (SSSR count). The molecule has 18 heavy (non-hydrogen) atoms. The molecular formula is C13H25N3O2. The van der Waals surface area contributed by atoms with Crippen molar-refractivity contribution in [2.45, 2.75) is 58.9 Å². The molecule has 1 saturated carbocycles. The van der Waals surface area contributed by atoms with Crippen molar-refractivity contribution in [2.75, 3.05) is 0 Å². The van der Waals surface area contributed by atoms with Gasteiger partial charge in [-0.2, -0.15) is 0 Å². The highest BCUT2D eigenvalue weighted by molar-refractivity contribution is 5.94. The smallest absolute Gasteiger partial charge is 0.224 e. The normalized spacial score (nSPS) is 26.7. The Balaban J connectivity index is 2.81. The molecule has 0 aliphatic heterocycles. The number of carbonyl (C=O) groups is 1. The summed E-state index contributed by atoms with van der Waals surface area (Å²) in [5.41, 5.74) is 4.92. The fourth-order valence-corrected chi connectivity index (χ4v) is 2.62. The van der Waals surface area contributed by atoms with E-state index in [9.17, 15) is 4.79 Å². The summed E-state index contributed by atoms with van der Waals surface area (Å²) in [6, 6.07) is 0. The standard InChI is InChI=1S/C13H25N3O2/c1-5-13(4,11(14)16-18)15-10(17)9-7-6-8-12(9,2)3/h9,18H,5-8H2,1-4H3,(H2,14,16)(H,15,17). The minimum absolute atomic E-state index is 0.00782. The van der Waals surface area contributed by atoms with Gasteiger partial charge in [0.1, 0.15) is 0 Å². The maximum absolute atomic E-state index is 12.4. The highest BCUT2D eigenvalue weighted by Gasteiger charge is 2.41. The molecule has 0 radical (unpaired) electrons. The Labute approximate surface area is 109 Å². The molecule has 0 aromatic carbocycles. The van der Waals surface area contributed by atoms with E-state index in [1.807, 2.05) is 6.92 Å². The van der Waals surface area contributed by atoms with E-state index in [1.165, 1.54) is 0 Å². The molecule has 1 amide bonds. The van der Waals surface area contributed by atoms with Crippen molar-refractivity contribution in [1.82, 2.24) is 5.32 Å². The van der Waals surface area contributed by atoms with Crippen molar-refractivity contribution in [3.05, 3.63) is 0 Å². The van der Waals surface area contributed by atoms with Gasteiger partial charge in [-0.1, -0.05) is 32.3 Å². The largest absolute Gasteiger partial charge is 0.409 e. The van der Waals surface area contributed by atoms with Gasteiger partial charge in [-0.3, -0.25) is 4.79 Å². The topological polar surface area (TPSA) is 87.7 Å². The fraction of sp³-hybridized carbons (Fsp3) is 0.846. The number of hydrogen-bond acceptors (Lipinski definition) is 3. The van der Waals surface area contributed by atoms with Crippen LogP contribution < -0.4 is 11.1 Å². The summed E-state index contributed by atoms with van der Waals surface area (Å²) in [6.07, 6.45) is 3.64. The molecule has 104 valence electrons. The average molecular weight is 255 g/mol. The van der Waals surface area contributed by atoms with Gasteiger partial charge in [-0.15, -0.1) is 0 Å². The molecule has 4 N–H and O–H groups in total.